The normalized spacial score (nSPS) is 22.8. The highest BCUT2D eigenvalue weighted by atomic mass is 16.5. The number of nitrogens with two attached hydrogens (primary N) is 1. The minimum Gasteiger partial charge on any atom is -0.496 e. The Balaban J connectivity index is 2.23. The number of likely N-dealkylation sites (tertiary alicyclic amines) is 1. The maximum Gasteiger partial charge on any atom is 0.219 e. The molecule has 0 saturated carbocycles. The molecule has 20 heavy (non-hydrogen) atoms. The van der Waals surface area contributed by atoms with Crippen molar-refractivity contribution in [2.75, 3.05) is 20.2 Å². The van der Waals surface area contributed by atoms with E-state index in [1.54, 1.807) is 14.0 Å². The molecule has 0 aromatic heterocycles. The van der Waals surface area contributed by atoms with Crippen molar-refractivity contribution >= 4 is 5.91 Å². The van der Waals surface area contributed by atoms with Crippen LogP contribution in [0.1, 0.15) is 36.0 Å². The zero-order chi connectivity index (χ0) is 14.9. The molecule has 4 heteroatoms. The van der Waals surface area contributed by atoms with Crippen LogP contribution in [0, 0.1) is 13.8 Å². The fraction of sp³-hybridized carbons (Fsp3) is 0.562. The number of benzene rings is 1. The van der Waals surface area contributed by atoms with Crippen LogP contribution in [0.3, 0.4) is 0 Å². The van der Waals surface area contributed by atoms with E-state index in [-0.39, 0.29) is 11.9 Å². The second kappa shape index (κ2) is 5.83. The van der Waals surface area contributed by atoms with Crippen LogP contribution in [0.4, 0.5) is 0 Å². The van der Waals surface area contributed by atoms with E-state index in [0.717, 1.165) is 29.8 Å². The minimum absolute atomic E-state index is 0.000144. The highest BCUT2D eigenvalue weighted by Crippen LogP contribution is 2.32. The molecule has 0 bridgehead atoms. The molecule has 2 atom stereocenters. The van der Waals surface area contributed by atoms with Crippen LogP contribution in [0.2, 0.25) is 0 Å². The number of methoxy groups -OCH3 is 1. The first-order chi connectivity index (χ1) is 9.43. The topological polar surface area (TPSA) is 55.6 Å². The molecule has 2 rings (SSSR count). The average Bonchev–Trinajstić information content (AvgIpc) is 2.38. The fourth-order valence-corrected chi connectivity index (χ4v) is 3.20. The van der Waals surface area contributed by atoms with Crippen molar-refractivity contribution in [1.82, 2.24) is 4.90 Å². The standard InChI is InChI=1S/C16H24N2O2/c1-10-7-13(8-11(2)16(10)20-4)14-5-6-18(12(3)19)9-15(14)17/h7-8,14-15H,5-6,9,17H2,1-4H3. The van der Waals surface area contributed by atoms with Crippen LogP contribution in [-0.4, -0.2) is 37.0 Å². The Bertz CT molecular complexity index is 490. The monoisotopic (exact) mass is 276 g/mol. The van der Waals surface area contributed by atoms with Gasteiger partial charge in [-0.1, -0.05) is 12.1 Å². The number of amides is 1. The summed E-state index contributed by atoms with van der Waals surface area (Å²) in [6.07, 6.45) is 0.923. The molecule has 2 N–H and O–H groups in total. The number of nitrogens with zero attached hydrogens (tertiary/aromatic N) is 1. The Morgan fingerprint density at radius 3 is 2.40 bits per heavy atom. The summed E-state index contributed by atoms with van der Waals surface area (Å²) in [5.41, 5.74) is 9.83. The summed E-state index contributed by atoms with van der Waals surface area (Å²) in [6, 6.07) is 4.33. The van der Waals surface area contributed by atoms with Gasteiger partial charge in [-0.3, -0.25) is 4.79 Å². The third kappa shape index (κ3) is 2.80. The minimum atomic E-state index is -0.000144. The maximum atomic E-state index is 11.4. The largest absolute Gasteiger partial charge is 0.496 e. The highest BCUT2D eigenvalue weighted by Gasteiger charge is 2.29. The van der Waals surface area contributed by atoms with Crippen molar-refractivity contribution < 1.29 is 9.53 Å². The van der Waals surface area contributed by atoms with Gasteiger partial charge in [0, 0.05) is 32.0 Å². The highest BCUT2D eigenvalue weighted by molar-refractivity contribution is 5.73. The van der Waals surface area contributed by atoms with E-state index in [4.69, 9.17) is 10.5 Å². The molecule has 0 spiro atoms. The van der Waals surface area contributed by atoms with Gasteiger partial charge in [0.25, 0.3) is 0 Å². The van der Waals surface area contributed by atoms with Gasteiger partial charge in [0.1, 0.15) is 5.75 Å². The summed E-state index contributed by atoms with van der Waals surface area (Å²) < 4.78 is 5.41. The number of carbonyl (C=O) groups excluding carboxylic acids is 1. The van der Waals surface area contributed by atoms with Crippen molar-refractivity contribution in [2.24, 2.45) is 5.73 Å². The molecule has 0 aliphatic carbocycles. The van der Waals surface area contributed by atoms with Crippen LogP contribution in [0.5, 0.6) is 5.75 Å². The molecule has 110 valence electrons. The molecule has 1 fully saturated rings. The molecule has 0 radical (unpaired) electrons. The van der Waals surface area contributed by atoms with Crippen molar-refractivity contribution in [3.8, 4) is 5.75 Å². The van der Waals surface area contributed by atoms with Gasteiger partial charge in [-0.15, -0.1) is 0 Å². The van der Waals surface area contributed by atoms with Crippen LogP contribution in [0.15, 0.2) is 12.1 Å². The third-order valence-electron chi connectivity index (χ3n) is 4.22. The summed E-state index contributed by atoms with van der Waals surface area (Å²) >= 11 is 0. The van der Waals surface area contributed by atoms with Gasteiger partial charge in [-0.25, -0.2) is 0 Å². The molecule has 1 aromatic rings. The Kier molecular flexibility index (Phi) is 4.33. The summed E-state index contributed by atoms with van der Waals surface area (Å²) in [6.45, 7) is 7.16. The molecule has 1 aliphatic heterocycles. The molecular formula is C16H24N2O2. The van der Waals surface area contributed by atoms with E-state index in [2.05, 4.69) is 26.0 Å². The van der Waals surface area contributed by atoms with E-state index in [0.29, 0.717) is 12.5 Å². The van der Waals surface area contributed by atoms with Crippen LogP contribution < -0.4 is 10.5 Å². The van der Waals surface area contributed by atoms with E-state index in [1.165, 1.54) is 5.56 Å². The number of ether oxygens (including phenoxy) is 1. The van der Waals surface area contributed by atoms with Crippen LogP contribution >= 0.6 is 0 Å². The summed E-state index contributed by atoms with van der Waals surface area (Å²) in [5, 5.41) is 0. The van der Waals surface area contributed by atoms with Crippen LogP contribution in [0.25, 0.3) is 0 Å². The molecule has 1 amide bonds. The third-order valence-corrected chi connectivity index (χ3v) is 4.22. The Hall–Kier alpha value is -1.55. The second-order valence-corrected chi connectivity index (χ2v) is 5.71. The molecule has 1 saturated heterocycles. The Morgan fingerprint density at radius 2 is 1.95 bits per heavy atom. The van der Waals surface area contributed by atoms with E-state index >= 15 is 0 Å². The zero-order valence-corrected chi connectivity index (χ0v) is 12.8. The summed E-state index contributed by atoms with van der Waals surface area (Å²) in [7, 11) is 1.70. The lowest BCUT2D eigenvalue weighted by Gasteiger charge is -2.36. The first-order valence-electron chi connectivity index (χ1n) is 7.10. The van der Waals surface area contributed by atoms with Gasteiger partial charge >= 0.3 is 0 Å². The van der Waals surface area contributed by atoms with Crippen molar-refractivity contribution in [2.45, 2.75) is 39.2 Å². The predicted octanol–water partition coefficient (Wildman–Crippen LogP) is 1.98. The lowest BCUT2D eigenvalue weighted by molar-refractivity contribution is -0.130. The molecule has 2 unspecified atom stereocenters. The van der Waals surface area contributed by atoms with Crippen molar-refractivity contribution in [1.29, 1.82) is 0 Å². The van der Waals surface area contributed by atoms with Gasteiger partial charge in [-0.05, 0) is 37.0 Å². The quantitative estimate of drug-likeness (QED) is 0.898. The second-order valence-electron chi connectivity index (χ2n) is 5.71. The van der Waals surface area contributed by atoms with Crippen molar-refractivity contribution in [3.05, 3.63) is 28.8 Å². The van der Waals surface area contributed by atoms with Gasteiger partial charge < -0.3 is 15.4 Å². The lowest BCUT2D eigenvalue weighted by Crippen LogP contribution is -2.48. The van der Waals surface area contributed by atoms with Crippen LogP contribution in [-0.2, 0) is 4.79 Å². The maximum absolute atomic E-state index is 11.4. The van der Waals surface area contributed by atoms with Gasteiger partial charge in [0.15, 0.2) is 0 Å². The Labute approximate surface area is 120 Å². The summed E-state index contributed by atoms with van der Waals surface area (Å²) in [4.78, 5) is 13.3. The molecule has 1 aliphatic rings. The lowest BCUT2D eigenvalue weighted by atomic mass is 9.84. The van der Waals surface area contributed by atoms with E-state index < -0.39 is 0 Å². The number of carbonyl (C=O) groups is 1. The Morgan fingerprint density at radius 1 is 1.35 bits per heavy atom. The fourth-order valence-electron chi connectivity index (χ4n) is 3.20. The first-order valence-corrected chi connectivity index (χ1v) is 7.10. The van der Waals surface area contributed by atoms with E-state index in [1.807, 2.05) is 4.90 Å². The zero-order valence-electron chi connectivity index (χ0n) is 12.8. The SMILES string of the molecule is COc1c(C)cc(C2CCN(C(C)=O)CC2N)cc1C. The first kappa shape index (κ1) is 14.9. The number of rotatable bonds is 2. The number of hydrogen-bond donors (Lipinski definition) is 1. The number of piperidine rings is 1. The van der Waals surface area contributed by atoms with E-state index in [9.17, 15) is 4.79 Å². The molecule has 4 nitrogen and oxygen atoms in total. The molecular weight excluding hydrogens is 252 g/mol. The predicted molar refractivity (Wildman–Crippen MR) is 80.1 cm³/mol. The number of aryl methyl sites for hydroxylation is 2. The average molecular weight is 276 g/mol. The number of hydrogen-bond acceptors (Lipinski definition) is 3. The summed E-state index contributed by atoms with van der Waals surface area (Å²) in [5.74, 6) is 1.37. The molecule has 1 aromatic carbocycles. The van der Waals surface area contributed by atoms with Gasteiger partial charge in [-0.2, -0.15) is 0 Å². The smallest absolute Gasteiger partial charge is 0.219 e. The molecule has 1 heterocycles. The van der Waals surface area contributed by atoms with Crippen molar-refractivity contribution in [3.63, 3.8) is 0 Å². The van der Waals surface area contributed by atoms with Gasteiger partial charge in [0.2, 0.25) is 5.91 Å². The van der Waals surface area contributed by atoms with Gasteiger partial charge in [0.05, 0.1) is 7.11 Å².